The molecule has 1 heterocycles. The third kappa shape index (κ3) is 2.88. The van der Waals surface area contributed by atoms with E-state index < -0.39 is 0 Å². The predicted molar refractivity (Wildman–Crippen MR) is 60.3 cm³/mol. The lowest BCUT2D eigenvalue weighted by Gasteiger charge is -2.28. The highest BCUT2D eigenvalue weighted by molar-refractivity contribution is 8.00. The molecule has 1 aliphatic heterocycles. The van der Waals surface area contributed by atoms with E-state index in [0.717, 1.165) is 16.4 Å². The number of hydrogen-bond acceptors (Lipinski definition) is 2. The number of thioether (sulfide) groups is 1. The van der Waals surface area contributed by atoms with Crippen LogP contribution in [-0.2, 0) is 0 Å². The zero-order valence-corrected chi connectivity index (χ0v) is 9.41. The first-order valence-corrected chi connectivity index (χ1v) is 6.65. The van der Waals surface area contributed by atoms with Crippen molar-refractivity contribution in [2.24, 2.45) is 5.92 Å². The molecule has 2 heteroatoms. The Morgan fingerprint density at radius 1 is 1.15 bits per heavy atom. The van der Waals surface area contributed by atoms with Crippen LogP contribution in [0.4, 0.5) is 0 Å². The molecular formula is C11H21NS. The fourth-order valence-electron chi connectivity index (χ4n) is 2.52. The van der Waals surface area contributed by atoms with E-state index in [0.29, 0.717) is 0 Å². The Balaban J connectivity index is 1.73. The molecule has 0 aromatic heterocycles. The average Bonchev–Trinajstić information content (AvgIpc) is 2.57. The van der Waals surface area contributed by atoms with Crippen molar-refractivity contribution in [1.82, 2.24) is 5.32 Å². The Kier molecular flexibility index (Phi) is 3.56. The molecule has 0 aromatic carbocycles. The van der Waals surface area contributed by atoms with Crippen LogP contribution in [0.25, 0.3) is 0 Å². The second kappa shape index (κ2) is 4.70. The number of hydrogen-bond donors (Lipinski definition) is 1. The Labute approximate surface area is 86.0 Å². The number of nitrogens with one attached hydrogen (secondary N) is 1. The Morgan fingerprint density at radius 3 is 2.77 bits per heavy atom. The smallest absolute Gasteiger partial charge is 0.0187 e. The standard InChI is InChI=1S/C11H21NS/c1-9-3-2-4-10(7-9)13-11-5-6-12-8-11/h9-12H,2-8H2,1H3. The molecule has 13 heavy (non-hydrogen) atoms. The Morgan fingerprint density at radius 2 is 2.08 bits per heavy atom. The lowest BCUT2D eigenvalue weighted by molar-refractivity contribution is 0.393. The van der Waals surface area contributed by atoms with Crippen molar-refractivity contribution < 1.29 is 0 Å². The molecule has 1 saturated carbocycles. The molecule has 1 N–H and O–H groups in total. The molecule has 0 amide bonds. The van der Waals surface area contributed by atoms with Gasteiger partial charge in [0.25, 0.3) is 0 Å². The van der Waals surface area contributed by atoms with Gasteiger partial charge in [-0.05, 0) is 31.7 Å². The quantitative estimate of drug-likeness (QED) is 0.734. The molecule has 76 valence electrons. The zero-order valence-electron chi connectivity index (χ0n) is 8.59. The fraction of sp³-hybridized carbons (Fsp3) is 1.00. The van der Waals surface area contributed by atoms with Gasteiger partial charge in [-0.15, -0.1) is 0 Å². The molecule has 3 atom stereocenters. The lowest BCUT2D eigenvalue weighted by atomic mass is 9.91. The second-order valence-corrected chi connectivity index (χ2v) is 6.25. The van der Waals surface area contributed by atoms with E-state index in [-0.39, 0.29) is 0 Å². The van der Waals surface area contributed by atoms with Gasteiger partial charge in [0.1, 0.15) is 0 Å². The molecule has 0 radical (unpaired) electrons. The van der Waals surface area contributed by atoms with Crippen molar-refractivity contribution in [2.75, 3.05) is 13.1 Å². The summed E-state index contributed by atoms with van der Waals surface area (Å²) in [5.74, 6) is 0.987. The van der Waals surface area contributed by atoms with Gasteiger partial charge in [-0.3, -0.25) is 0 Å². The molecule has 2 aliphatic rings. The molecule has 1 saturated heterocycles. The summed E-state index contributed by atoms with van der Waals surface area (Å²) in [5.41, 5.74) is 0. The largest absolute Gasteiger partial charge is 0.316 e. The molecular weight excluding hydrogens is 178 g/mol. The summed E-state index contributed by atoms with van der Waals surface area (Å²) in [6.07, 6.45) is 7.29. The molecule has 2 fully saturated rings. The lowest BCUT2D eigenvalue weighted by Crippen LogP contribution is -2.19. The van der Waals surface area contributed by atoms with Gasteiger partial charge in [0, 0.05) is 17.0 Å². The maximum absolute atomic E-state index is 3.45. The van der Waals surface area contributed by atoms with E-state index in [1.165, 1.54) is 45.2 Å². The maximum Gasteiger partial charge on any atom is 0.0187 e. The van der Waals surface area contributed by atoms with Gasteiger partial charge in [-0.1, -0.05) is 19.8 Å². The molecule has 0 aromatic rings. The first-order chi connectivity index (χ1) is 6.34. The summed E-state index contributed by atoms with van der Waals surface area (Å²) in [4.78, 5) is 0. The van der Waals surface area contributed by atoms with Crippen LogP contribution in [0.3, 0.4) is 0 Å². The second-order valence-electron chi connectivity index (χ2n) is 4.64. The molecule has 1 aliphatic carbocycles. The maximum atomic E-state index is 3.45. The predicted octanol–water partition coefficient (Wildman–Crippen LogP) is 2.66. The highest BCUT2D eigenvalue weighted by Gasteiger charge is 2.24. The average molecular weight is 199 g/mol. The van der Waals surface area contributed by atoms with Crippen molar-refractivity contribution in [3.63, 3.8) is 0 Å². The van der Waals surface area contributed by atoms with E-state index in [4.69, 9.17) is 0 Å². The van der Waals surface area contributed by atoms with Gasteiger partial charge < -0.3 is 5.32 Å². The van der Waals surface area contributed by atoms with Crippen molar-refractivity contribution >= 4 is 11.8 Å². The summed E-state index contributed by atoms with van der Waals surface area (Å²) >= 11 is 2.27. The van der Waals surface area contributed by atoms with E-state index in [1.54, 1.807) is 0 Å². The topological polar surface area (TPSA) is 12.0 Å². The van der Waals surface area contributed by atoms with Crippen LogP contribution in [0.2, 0.25) is 0 Å². The van der Waals surface area contributed by atoms with Gasteiger partial charge in [-0.25, -0.2) is 0 Å². The first-order valence-electron chi connectivity index (χ1n) is 5.71. The Bertz CT molecular complexity index is 154. The van der Waals surface area contributed by atoms with Crippen LogP contribution in [0.5, 0.6) is 0 Å². The van der Waals surface area contributed by atoms with Gasteiger partial charge >= 0.3 is 0 Å². The van der Waals surface area contributed by atoms with E-state index in [9.17, 15) is 0 Å². The van der Waals surface area contributed by atoms with E-state index in [2.05, 4.69) is 24.0 Å². The van der Waals surface area contributed by atoms with Crippen LogP contribution >= 0.6 is 11.8 Å². The van der Waals surface area contributed by atoms with E-state index >= 15 is 0 Å². The summed E-state index contributed by atoms with van der Waals surface area (Å²) in [7, 11) is 0. The summed E-state index contributed by atoms with van der Waals surface area (Å²) in [5, 5.41) is 5.36. The third-order valence-electron chi connectivity index (χ3n) is 3.29. The van der Waals surface area contributed by atoms with Crippen molar-refractivity contribution in [2.45, 2.75) is 49.5 Å². The summed E-state index contributed by atoms with van der Waals surface area (Å²) in [6.45, 7) is 4.93. The van der Waals surface area contributed by atoms with Crippen LogP contribution < -0.4 is 5.32 Å². The van der Waals surface area contributed by atoms with Crippen LogP contribution in [0.15, 0.2) is 0 Å². The van der Waals surface area contributed by atoms with Gasteiger partial charge in [-0.2, -0.15) is 11.8 Å². The summed E-state index contributed by atoms with van der Waals surface area (Å²) in [6, 6.07) is 0. The van der Waals surface area contributed by atoms with Crippen LogP contribution in [0, 0.1) is 5.92 Å². The normalized spacial score (nSPS) is 40.8. The minimum Gasteiger partial charge on any atom is -0.316 e. The monoisotopic (exact) mass is 199 g/mol. The minimum absolute atomic E-state index is 0.926. The molecule has 0 bridgehead atoms. The van der Waals surface area contributed by atoms with Crippen molar-refractivity contribution in [1.29, 1.82) is 0 Å². The van der Waals surface area contributed by atoms with Gasteiger partial charge in [0.15, 0.2) is 0 Å². The first kappa shape index (κ1) is 9.85. The van der Waals surface area contributed by atoms with Crippen molar-refractivity contribution in [3.8, 4) is 0 Å². The Hall–Kier alpha value is 0.310. The highest BCUT2D eigenvalue weighted by Crippen LogP contribution is 2.35. The molecule has 1 nitrogen and oxygen atoms in total. The van der Waals surface area contributed by atoms with Crippen molar-refractivity contribution in [3.05, 3.63) is 0 Å². The molecule has 2 rings (SSSR count). The van der Waals surface area contributed by atoms with Gasteiger partial charge in [0.05, 0.1) is 0 Å². The van der Waals surface area contributed by atoms with Crippen LogP contribution in [0.1, 0.15) is 39.0 Å². The van der Waals surface area contributed by atoms with Crippen LogP contribution in [-0.4, -0.2) is 23.6 Å². The number of rotatable bonds is 2. The SMILES string of the molecule is CC1CCCC(SC2CCNC2)C1. The fourth-order valence-corrected chi connectivity index (χ4v) is 4.27. The zero-order chi connectivity index (χ0) is 9.10. The molecule has 3 unspecified atom stereocenters. The highest BCUT2D eigenvalue weighted by atomic mass is 32.2. The molecule has 0 spiro atoms. The minimum atomic E-state index is 0.926. The van der Waals surface area contributed by atoms with E-state index in [1.807, 2.05) is 0 Å². The third-order valence-corrected chi connectivity index (χ3v) is 4.89. The van der Waals surface area contributed by atoms with Gasteiger partial charge in [0.2, 0.25) is 0 Å². The summed E-state index contributed by atoms with van der Waals surface area (Å²) < 4.78 is 0.